The first kappa shape index (κ1) is 20.6. The standard InChI is InChI=1S/C21H28BN3/c1-5-6-12-19(21(15(2)22)17(4)24)13-20(16(3)23)25-14-18-10-8-7-9-11-18/h6-13,24-25H,5,14,23H2,1-4H3/b12-6+,19-13+,20-16-,21-15+,24-17?. The molecule has 0 aliphatic carbocycles. The zero-order valence-electron chi connectivity index (χ0n) is 15.7. The summed E-state index contributed by atoms with van der Waals surface area (Å²) in [6.07, 6.45) is 6.92. The highest BCUT2D eigenvalue weighted by Crippen LogP contribution is 2.19. The van der Waals surface area contributed by atoms with Crippen LogP contribution in [0.3, 0.4) is 0 Å². The van der Waals surface area contributed by atoms with Crippen molar-refractivity contribution in [3.63, 3.8) is 0 Å². The summed E-state index contributed by atoms with van der Waals surface area (Å²) in [5, 5.41) is 11.4. The van der Waals surface area contributed by atoms with Gasteiger partial charge in [-0.15, -0.1) is 5.47 Å². The number of hydrogen-bond acceptors (Lipinski definition) is 3. The number of allylic oxidation sites excluding steroid dienone is 7. The molecule has 0 aliphatic heterocycles. The van der Waals surface area contributed by atoms with Crippen molar-refractivity contribution < 1.29 is 0 Å². The molecular formula is C21H28BN3. The summed E-state index contributed by atoms with van der Waals surface area (Å²) in [7, 11) is 6.02. The molecule has 1 aromatic carbocycles. The first-order chi connectivity index (χ1) is 11.9. The van der Waals surface area contributed by atoms with Crippen LogP contribution in [0.1, 0.15) is 39.7 Å². The van der Waals surface area contributed by atoms with E-state index in [1.165, 1.54) is 5.56 Å². The van der Waals surface area contributed by atoms with Crippen molar-refractivity contribution >= 4 is 13.6 Å². The van der Waals surface area contributed by atoms with Gasteiger partial charge in [-0.1, -0.05) is 56.3 Å². The molecule has 0 saturated carbocycles. The summed E-state index contributed by atoms with van der Waals surface area (Å²) in [5.41, 5.74) is 11.5. The third kappa shape index (κ3) is 6.88. The van der Waals surface area contributed by atoms with Gasteiger partial charge in [-0.2, -0.15) is 0 Å². The lowest BCUT2D eigenvalue weighted by molar-refractivity contribution is 0.817. The normalized spacial score (nSPS) is 14.2. The number of benzene rings is 1. The second-order valence-corrected chi connectivity index (χ2v) is 6.03. The van der Waals surface area contributed by atoms with E-state index < -0.39 is 0 Å². The molecule has 130 valence electrons. The minimum absolute atomic E-state index is 0.434. The lowest BCUT2D eigenvalue weighted by Gasteiger charge is -2.15. The van der Waals surface area contributed by atoms with E-state index in [1.54, 1.807) is 6.92 Å². The third-order valence-corrected chi connectivity index (χ3v) is 3.64. The van der Waals surface area contributed by atoms with E-state index in [-0.39, 0.29) is 0 Å². The predicted octanol–water partition coefficient (Wildman–Crippen LogP) is 4.34. The van der Waals surface area contributed by atoms with E-state index in [1.807, 2.05) is 44.2 Å². The molecule has 4 heteroatoms. The lowest BCUT2D eigenvalue weighted by atomic mass is 9.85. The fraction of sp³-hybridized carbons (Fsp3) is 0.286. The zero-order valence-corrected chi connectivity index (χ0v) is 15.7. The second kappa shape index (κ2) is 10.4. The maximum atomic E-state index is 8.06. The van der Waals surface area contributed by atoms with Gasteiger partial charge in [0.2, 0.25) is 0 Å². The van der Waals surface area contributed by atoms with Gasteiger partial charge in [-0.05, 0) is 43.1 Å². The van der Waals surface area contributed by atoms with Gasteiger partial charge in [0.05, 0.1) is 5.70 Å². The van der Waals surface area contributed by atoms with Gasteiger partial charge in [0.15, 0.2) is 0 Å². The molecule has 0 aromatic heterocycles. The highest BCUT2D eigenvalue weighted by atomic mass is 14.9. The van der Waals surface area contributed by atoms with Crippen LogP contribution in [0, 0.1) is 5.41 Å². The SMILES string of the molecule is [B]/C(C)=C(C(C)=N)/C(/C=C/CC)=C/C(NCc1ccccc1)=C(\C)N. The van der Waals surface area contributed by atoms with Crippen molar-refractivity contribution in [2.24, 2.45) is 5.73 Å². The zero-order chi connectivity index (χ0) is 18.8. The van der Waals surface area contributed by atoms with Crippen LogP contribution >= 0.6 is 0 Å². The Bertz CT molecular complexity index is 702. The number of rotatable bonds is 8. The molecule has 0 amide bonds. The molecule has 0 saturated heterocycles. The van der Waals surface area contributed by atoms with Crippen LogP contribution < -0.4 is 11.1 Å². The van der Waals surface area contributed by atoms with Crippen molar-refractivity contribution in [2.75, 3.05) is 0 Å². The summed E-state index contributed by atoms with van der Waals surface area (Å²) in [4.78, 5) is 0. The van der Waals surface area contributed by atoms with Gasteiger partial charge in [0.25, 0.3) is 0 Å². The first-order valence-electron chi connectivity index (χ1n) is 8.51. The molecule has 0 atom stereocenters. The van der Waals surface area contributed by atoms with E-state index >= 15 is 0 Å². The van der Waals surface area contributed by atoms with Crippen LogP contribution in [0.15, 0.2) is 76.6 Å². The minimum atomic E-state index is 0.434. The molecular weight excluding hydrogens is 305 g/mol. The fourth-order valence-corrected chi connectivity index (χ4v) is 2.44. The molecule has 0 heterocycles. The highest BCUT2D eigenvalue weighted by Gasteiger charge is 2.09. The van der Waals surface area contributed by atoms with Crippen LogP contribution in [-0.4, -0.2) is 13.6 Å². The maximum Gasteiger partial charge on any atom is 0.108 e. The van der Waals surface area contributed by atoms with Crippen LogP contribution in [0.25, 0.3) is 0 Å². The Balaban J connectivity index is 3.21. The van der Waals surface area contributed by atoms with Crippen molar-refractivity contribution in [2.45, 2.75) is 40.7 Å². The van der Waals surface area contributed by atoms with Gasteiger partial charge < -0.3 is 16.5 Å². The quantitative estimate of drug-likeness (QED) is 0.376. The Morgan fingerprint density at radius 1 is 1.20 bits per heavy atom. The van der Waals surface area contributed by atoms with Gasteiger partial charge in [-0.3, -0.25) is 0 Å². The average molecular weight is 333 g/mol. The average Bonchev–Trinajstić information content (AvgIpc) is 2.55. The molecule has 0 unspecified atom stereocenters. The van der Waals surface area contributed by atoms with Crippen LogP contribution in [0.4, 0.5) is 0 Å². The number of nitrogens with one attached hydrogen (secondary N) is 2. The molecule has 2 radical (unpaired) electrons. The molecule has 0 fully saturated rings. The number of hydrogen-bond donors (Lipinski definition) is 3. The molecule has 4 N–H and O–H groups in total. The third-order valence-electron chi connectivity index (χ3n) is 3.64. The Morgan fingerprint density at radius 2 is 1.84 bits per heavy atom. The molecule has 3 nitrogen and oxygen atoms in total. The van der Waals surface area contributed by atoms with E-state index in [0.29, 0.717) is 23.4 Å². The summed E-state index contributed by atoms with van der Waals surface area (Å²) in [6.45, 7) is 8.17. The topological polar surface area (TPSA) is 61.9 Å². The molecule has 1 rings (SSSR count). The van der Waals surface area contributed by atoms with E-state index in [9.17, 15) is 0 Å². The number of nitrogens with two attached hydrogens (primary N) is 1. The largest absolute Gasteiger partial charge is 0.401 e. The highest BCUT2D eigenvalue weighted by molar-refractivity contribution is 6.25. The van der Waals surface area contributed by atoms with Crippen LogP contribution in [-0.2, 0) is 6.54 Å². The van der Waals surface area contributed by atoms with Gasteiger partial charge >= 0.3 is 0 Å². The predicted molar refractivity (Wildman–Crippen MR) is 110 cm³/mol. The van der Waals surface area contributed by atoms with Gasteiger partial charge in [0.1, 0.15) is 7.85 Å². The Kier molecular flexibility index (Phi) is 8.55. The van der Waals surface area contributed by atoms with E-state index in [0.717, 1.165) is 23.3 Å². The molecule has 0 bridgehead atoms. The van der Waals surface area contributed by atoms with Crippen molar-refractivity contribution in [3.05, 3.63) is 82.1 Å². The Hall–Kier alpha value is -2.49. The molecule has 25 heavy (non-hydrogen) atoms. The second-order valence-electron chi connectivity index (χ2n) is 6.03. The Labute approximate surface area is 153 Å². The van der Waals surface area contributed by atoms with Crippen molar-refractivity contribution in [3.8, 4) is 0 Å². The van der Waals surface area contributed by atoms with Crippen LogP contribution in [0.5, 0.6) is 0 Å². The molecule has 1 aromatic rings. The van der Waals surface area contributed by atoms with Crippen LogP contribution in [0.2, 0.25) is 0 Å². The minimum Gasteiger partial charge on any atom is -0.401 e. The molecule has 0 spiro atoms. The monoisotopic (exact) mass is 333 g/mol. The Morgan fingerprint density at radius 3 is 2.32 bits per heavy atom. The summed E-state index contributed by atoms with van der Waals surface area (Å²) in [5.74, 6) is 0. The van der Waals surface area contributed by atoms with E-state index in [2.05, 4.69) is 30.4 Å². The maximum absolute atomic E-state index is 8.06. The lowest BCUT2D eigenvalue weighted by Crippen LogP contribution is -2.16. The van der Waals surface area contributed by atoms with Gasteiger partial charge in [0, 0.05) is 18.0 Å². The fourth-order valence-electron chi connectivity index (χ4n) is 2.44. The summed E-state index contributed by atoms with van der Waals surface area (Å²) < 4.78 is 0. The van der Waals surface area contributed by atoms with Gasteiger partial charge in [-0.25, -0.2) is 0 Å². The summed E-state index contributed by atoms with van der Waals surface area (Å²) in [6, 6.07) is 10.1. The molecule has 0 aliphatic rings. The van der Waals surface area contributed by atoms with E-state index in [4.69, 9.17) is 19.0 Å². The van der Waals surface area contributed by atoms with Crippen molar-refractivity contribution in [1.82, 2.24) is 5.32 Å². The first-order valence-corrected chi connectivity index (χ1v) is 8.51. The smallest absolute Gasteiger partial charge is 0.108 e. The van der Waals surface area contributed by atoms with Crippen molar-refractivity contribution in [1.29, 1.82) is 5.41 Å². The summed E-state index contributed by atoms with van der Waals surface area (Å²) >= 11 is 0.